The van der Waals surface area contributed by atoms with E-state index in [0.29, 0.717) is 0 Å². The van der Waals surface area contributed by atoms with Crippen LogP contribution in [0.15, 0.2) is 78.2 Å². The summed E-state index contributed by atoms with van der Waals surface area (Å²) in [5, 5.41) is 9.61. The minimum atomic E-state index is 0.975. The van der Waals surface area contributed by atoms with Crippen LogP contribution < -0.4 is 0 Å². The number of benzene rings is 2. The van der Waals surface area contributed by atoms with Crippen LogP contribution in [0, 0.1) is 0 Å². The van der Waals surface area contributed by atoms with Crippen LogP contribution >= 0.6 is 11.3 Å². The number of thiophene rings is 1. The Morgan fingerprint density at radius 1 is 0.727 bits per heavy atom. The first-order valence-electron chi connectivity index (χ1n) is 7.15. The highest BCUT2D eigenvalue weighted by Crippen LogP contribution is 2.28. The standard InChI is InChI=1S/C19H14N2S/c1-2-5-14(6-3-1)15-8-10-16(11-9-15)17-13-18(21-20-17)19-7-4-12-22-19/h1-13H,(H,20,21). The number of nitrogens with zero attached hydrogens (tertiary/aromatic N) is 1. The van der Waals surface area contributed by atoms with Gasteiger partial charge < -0.3 is 0 Å². The van der Waals surface area contributed by atoms with Gasteiger partial charge >= 0.3 is 0 Å². The molecule has 0 radical (unpaired) electrons. The Balaban J connectivity index is 1.64. The molecule has 106 valence electrons. The van der Waals surface area contributed by atoms with Crippen LogP contribution in [0.2, 0.25) is 0 Å². The first-order valence-corrected chi connectivity index (χ1v) is 8.03. The summed E-state index contributed by atoms with van der Waals surface area (Å²) in [6.07, 6.45) is 0. The quantitative estimate of drug-likeness (QED) is 0.534. The summed E-state index contributed by atoms with van der Waals surface area (Å²) >= 11 is 1.71. The lowest BCUT2D eigenvalue weighted by Crippen LogP contribution is -1.80. The number of H-pyrrole nitrogens is 1. The fourth-order valence-corrected chi connectivity index (χ4v) is 3.18. The van der Waals surface area contributed by atoms with Crippen LogP contribution in [0.1, 0.15) is 0 Å². The molecule has 2 heterocycles. The van der Waals surface area contributed by atoms with Gasteiger partial charge in [-0.15, -0.1) is 11.3 Å². The molecule has 0 fully saturated rings. The average molecular weight is 302 g/mol. The van der Waals surface area contributed by atoms with Crippen LogP contribution in [0.3, 0.4) is 0 Å². The van der Waals surface area contributed by atoms with Gasteiger partial charge in [-0.05, 0) is 28.6 Å². The number of aromatic nitrogens is 2. The first kappa shape index (κ1) is 13.0. The molecule has 4 rings (SSSR count). The number of nitrogens with one attached hydrogen (secondary N) is 1. The zero-order valence-corrected chi connectivity index (χ0v) is 12.7. The van der Waals surface area contributed by atoms with E-state index in [1.54, 1.807) is 11.3 Å². The van der Waals surface area contributed by atoms with Gasteiger partial charge in [0, 0.05) is 5.56 Å². The van der Waals surface area contributed by atoms with Crippen LogP contribution in [0.25, 0.3) is 33.0 Å². The molecule has 0 bridgehead atoms. The van der Waals surface area contributed by atoms with Crippen molar-refractivity contribution in [2.24, 2.45) is 0 Å². The molecular formula is C19H14N2S. The first-order chi connectivity index (χ1) is 10.9. The summed E-state index contributed by atoms with van der Waals surface area (Å²) < 4.78 is 0. The molecule has 2 nitrogen and oxygen atoms in total. The van der Waals surface area contributed by atoms with Gasteiger partial charge in [-0.1, -0.05) is 60.7 Å². The Hall–Kier alpha value is -2.65. The van der Waals surface area contributed by atoms with Gasteiger partial charge in [0.05, 0.1) is 16.3 Å². The molecule has 0 spiro atoms. The van der Waals surface area contributed by atoms with Crippen LogP contribution in [-0.2, 0) is 0 Å². The fourth-order valence-electron chi connectivity index (χ4n) is 2.49. The van der Waals surface area contributed by atoms with Crippen molar-refractivity contribution in [2.75, 3.05) is 0 Å². The van der Waals surface area contributed by atoms with E-state index in [9.17, 15) is 0 Å². The normalized spacial score (nSPS) is 10.7. The van der Waals surface area contributed by atoms with Crippen molar-refractivity contribution in [1.29, 1.82) is 0 Å². The van der Waals surface area contributed by atoms with Crippen molar-refractivity contribution in [3.05, 3.63) is 78.2 Å². The van der Waals surface area contributed by atoms with Gasteiger partial charge in [0.15, 0.2) is 0 Å². The van der Waals surface area contributed by atoms with E-state index in [4.69, 9.17) is 0 Å². The minimum absolute atomic E-state index is 0.975. The lowest BCUT2D eigenvalue weighted by molar-refractivity contribution is 1.10. The second-order valence-electron chi connectivity index (χ2n) is 5.09. The van der Waals surface area contributed by atoms with Crippen molar-refractivity contribution >= 4 is 11.3 Å². The number of hydrogen-bond donors (Lipinski definition) is 1. The van der Waals surface area contributed by atoms with E-state index in [1.165, 1.54) is 16.0 Å². The predicted molar refractivity (Wildman–Crippen MR) is 92.8 cm³/mol. The molecule has 0 unspecified atom stereocenters. The van der Waals surface area contributed by atoms with Crippen molar-refractivity contribution in [2.45, 2.75) is 0 Å². The molecular weight excluding hydrogens is 288 g/mol. The van der Waals surface area contributed by atoms with Crippen molar-refractivity contribution in [1.82, 2.24) is 10.2 Å². The largest absolute Gasteiger partial charge is 0.276 e. The van der Waals surface area contributed by atoms with E-state index >= 15 is 0 Å². The molecule has 1 N–H and O–H groups in total. The molecule has 0 aliphatic heterocycles. The van der Waals surface area contributed by atoms with E-state index < -0.39 is 0 Å². The molecule has 0 saturated heterocycles. The molecule has 0 aliphatic rings. The molecule has 2 aromatic carbocycles. The van der Waals surface area contributed by atoms with Gasteiger partial charge in [0.25, 0.3) is 0 Å². The fraction of sp³-hybridized carbons (Fsp3) is 0. The summed E-state index contributed by atoms with van der Waals surface area (Å²) in [6.45, 7) is 0. The maximum Gasteiger partial charge on any atom is 0.0927 e. The van der Waals surface area contributed by atoms with Crippen molar-refractivity contribution in [3.63, 3.8) is 0 Å². The maximum absolute atomic E-state index is 4.43. The van der Waals surface area contributed by atoms with Gasteiger partial charge in [0.2, 0.25) is 0 Å². The van der Waals surface area contributed by atoms with E-state index in [2.05, 4.69) is 82.3 Å². The molecule has 4 aromatic rings. The summed E-state index contributed by atoms with van der Waals surface area (Å²) in [5.41, 5.74) is 5.62. The molecule has 0 amide bonds. The van der Waals surface area contributed by atoms with Crippen LogP contribution in [0.5, 0.6) is 0 Å². The molecule has 2 aromatic heterocycles. The van der Waals surface area contributed by atoms with E-state index in [-0.39, 0.29) is 0 Å². The Labute approximate surface area is 133 Å². The highest BCUT2D eigenvalue weighted by atomic mass is 32.1. The molecule has 0 aliphatic carbocycles. The van der Waals surface area contributed by atoms with Gasteiger partial charge in [-0.2, -0.15) is 5.10 Å². The average Bonchev–Trinajstić information content (AvgIpc) is 3.27. The Morgan fingerprint density at radius 3 is 2.18 bits per heavy atom. The van der Waals surface area contributed by atoms with Gasteiger partial charge in [0.1, 0.15) is 0 Å². The predicted octanol–water partition coefficient (Wildman–Crippen LogP) is 5.47. The third-order valence-corrected chi connectivity index (χ3v) is 4.56. The monoisotopic (exact) mass is 302 g/mol. The zero-order valence-electron chi connectivity index (χ0n) is 11.9. The third-order valence-electron chi connectivity index (χ3n) is 3.65. The minimum Gasteiger partial charge on any atom is -0.276 e. The number of rotatable bonds is 3. The molecule has 0 saturated carbocycles. The summed E-state index contributed by atoms with van der Waals surface area (Å²) in [4.78, 5) is 1.21. The van der Waals surface area contributed by atoms with Crippen LogP contribution in [-0.4, -0.2) is 10.2 Å². The lowest BCUT2D eigenvalue weighted by Gasteiger charge is -2.02. The smallest absolute Gasteiger partial charge is 0.0927 e. The van der Waals surface area contributed by atoms with Gasteiger partial charge in [-0.3, -0.25) is 5.10 Å². The zero-order chi connectivity index (χ0) is 14.8. The number of hydrogen-bond acceptors (Lipinski definition) is 2. The highest BCUT2D eigenvalue weighted by molar-refractivity contribution is 7.13. The Bertz CT molecular complexity index is 859. The third kappa shape index (κ3) is 2.47. The highest BCUT2D eigenvalue weighted by Gasteiger charge is 2.06. The van der Waals surface area contributed by atoms with Crippen molar-refractivity contribution in [3.8, 4) is 33.0 Å². The second-order valence-corrected chi connectivity index (χ2v) is 6.04. The molecule has 0 atom stereocenters. The molecule has 22 heavy (non-hydrogen) atoms. The Kier molecular flexibility index (Phi) is 3.33. The second kappa shape index (κ2) is 5.62. The summed E-state index contributed by atoms with van der Waals surface area (Å²) in [6, 6.07) is 25.2. The van der Waals surface area contributed by atoms with Crippen LogP contribution in [0.4, 0.5) is 0 Å². The van der Waals surface area contributed by atoms with E-state index in [1.807, 2.05) is 6.07 Å². The topological polar surface area (TPSA) is 28.7 Å². The summed E-state index contributed by atoms with van der Waals surface area (Å²) in [5.74, 6) is 0. The van der Waals surface area contributed by atoms with Gasteiger partial charge in [-0.25, -0.2) is 0 Å². The van der Waals surface area contributed by atoms with Crippen molar-refractivity contribution < 1.29 is 0 Å². The molecule has 3 heteroatoms. The lowest BCUT2D eigenvalue weighted by atomic mass is 10.0. The SMILES string of the molecule is c1ccc(-c2ccc(-c3cc(-c4cccs4)[nH]n3)cc2)cc1. The Morgan fingerprint density at radius 2 is 1.45 bits per heavy atom. The number of aromatic amines is 1. The van der Waals surface area contributed by atoms with E-state index in [0.717, 1.165) is 17.0 Å². The maximum atomic E-state index is 4.43. The summed E-state index contributed by atoms with van der Waals surface area (Å²) in [7, 11) is 0.